The van der Waals surface area contributed by atoms with Crippen molar-refractivity contribution < 1.29 is 19.2 Å². The van der Waals surface area contributed by atoms with E-state index in [9.17, 15) is 19.2 Å². The van der Waals surface area contributed by atoms with Crippen LogP contribution in [0.4, 0.5) is 11.9 Å². The van der Waals surface area contributed by atoms with Gasteiger partial charge in [0.15, 0.2) is 0 Å². The van der Waals surface area contributed by atoms with Gasteiger partial charge in [-0.1, -0.05) is 0 Å². The van der Waals surface area contributed by atoms with E-state index in [0.717, 1.165) is 32.9 Å². The Kier molecular flexibility index (Phi) is 3.29. The molecule has 0 spiro atoms. The zero-order valence-electron chi connectivity index (χ0n) is 14.6. The van der Waals surface area contributed by atoms with Gasteiger partial charge in [-0.3, -0.25) is 19.2 Å². The van der Waals surface area contributed by atoms with Gasteiger partial charge in [0.25, 0.3) is 35.5 Å². The summed E-state index contributed by atoms with van der Waals surface area (Å²) in [6.45, 7) is 0. The van der Waals surface area contributed by atoms with Gasteiger partial charge in [0.2, 0.25) is 0 Å². The van der Waals surface area contributed by atoms with Gasteiger partial charge in [0, 0.05) is 33.0 Å². The number of hydrogen-bond acceptors (Lipinski definition) is 10. The normalized spacial score (nSPS) is 15.5. The molecular formula is C18H6N6O4S2. The molecule has 0 aliphatic carbocycles. The predicted octanol–water partition coefficient (Wildman–Crippen LogP) is 2.14. The molecule has 0 atom stereocenters. The van der Waals surface area contributed by atoms with Crippen molar-refractivity contribution in [3.05, 3.63) is 57.5 Å². The van der Waals surface area contributed by atoms with Gasteiger partial charge in [-0.15, -0.1) is 0 Å². The Morgan fingerprint density at radius 3 is 1.17 bits per heavy atom. The molecule has 144 valence electrons. The van der Waals surface area contributed by atoms with Crippen molar-refractivity contribution >= 4 is 69.4 Å². The maximum absolute atomic E-state index is 13.1. The molecule has 12 heteroatoms. The average Bonchev–Trinajstić information content (AvgIpc) is 3.45. The molecule has 4 aromatic rings. The van der Waals surface area contributed by atoms with Crippen LogP contribution in [0.15, 0.2) is 35.3 Å². The molecule has 2 aliphatic rings. The number of carbonyl (C=O) groups excluding carboxylic acids is 4. The first-order valence-electron chi connectivity index (χ1n) is 8.48. The minimum absolute atomic E-state index is 0.0121. The highest BCUT2D eigenvalue weighted by Gasteiger charge is 2.42. The van der Waals surface area contributed by atoms with Crippen LogP contribution in [0.25, 0.3) is 10.8 Å². The van der Waals surface area contributed by atoms with E-state index in [1.807, 2.05) is 0 Å². The molecular weight excluding hydrogens is 428 g/mol. The Morgan fingerprint density at radius 1 is 0.567 bits per heavy atom. The lowest BCUT2D eigenvalue weighted by atomic mass is 9.86. The van der Waals surface area contributed by atoms with Crippen molar-refractivity contribution in [2.45, 2.75) is 0 Å². The highest BCUT2D eigenvalue weighted by Crippen LogP contribution is 2.39. The third kappa shape index (κ3) is 2.00. The quantitative estimate of drug-likeness (QED) is 0.439. The fourth-order valence-corrected chi connectivity index (χ4v) is 4.59. The van der Waals surface area contributed by atoms with Gasteiger partial charge in [-0.2, -0.15) is 8.75 Å². The van der Waals surface area contributed by atoms with Gasteiger partial charge < -0.3 is 0 Å². The highest BCUT2D eigenvalue weighted by molar-refractivity contribution is 7.03. The number of amides is 4. The second kappa shape index (κ2) is 5.81. The van der Waals surface area contributed by atoms with Gasteiger partial charge in [0.05, 0.1) is 0 Å². The SMILES string of the molecule is O=C1c2ccc3c4c(ccc(c24)C(=O)N1c1ncsn1)C(=O)N(c1ncsn1)C3=O. The fraction of sp³-hybridized carbons (Fsp3) is 0. The van der Waals surface area contributed by atoms with Gasteiger partial charge in [-0.05, 0) is 47.3 Å². The zero-order valence-corrected chi connectivity index (χ0v) is 16.2. The Labute approximate surface area is 174 Å². The molecule has 30 heavy (non-hydrogen) atoms. The van der Waals surface area contributed by atoms with E-state index in [4.69, 9.17) is 0 Å². The lowest BCUT2D eigenvalue weighted by Crippen LogP contribution is -2.44. The summed E-state index contributed by atoms with van der Waals surface area (Å²) < 4.78 is 7.98. The van der Waals surface area contributed by atoms with Crippen LogP contribution in [0.2, 0.25) is 0 Å². The average molecular weight is 434 g/mol. The summed E-state index contributed by atoms with van der Waals surface area (Å²) in [6.07, 6.45) is 0. The molecule has 0 bridgehead atoms. The van der Waals surface area contributed by atoms with E-state index < -0.39 is 23.6 Å². The molecule has 10 nitrogen and oxygen atoms in total. The zero-order chi connectivity index (χ0) is 20.6. The third-order valence-corrected chi connectivity index (χ3v) is 5.93. The van der Waals surface area contributed by atoms with Crippen LogP contribution >= 0.6 is 23.1 Å². The van der Waals surface area contributed by atoms with E-state index in [-0.39, 0.29) is 44.9 Å². The summed E-state index contributed by atoms with van der Waals surface area (Å²) in [5.41, 5.74) is 3.62. The Morgan fingerprint density at radius 2 is 0.900 bits per heavy atom. The molecule has 2 aliphatic heterocycles. The van der Waals surface area contributed by atoms with Crippen LogP contribution < -0.4 is 9.80 Å². The molecule has 0 saturated carbocycles. The topological polar surface area (TPSA) is 126 Å². The first kappa shape index (κ1) is 17.0. The number of anilines is 2. The van der Waals surface area contributed by atoms with Crippen molar-refractivity contribution in [2.24, 2.45) is 0 Å². The maximum atomic E-state index is 13.1. The summed E-state index contributed by atoms with van der Waals surface area (Å²) in [5.74, 6) is -2.48. The van der Waals surface area contributed by atoms with Crippen molar-refractivity contribution in [1.82, 2.24) is 18.7 Å². The number of nitrogens with zero attached hydrogens (tertiary/aromatic N) is 6. The minimum atomic E-state index is -0.613. The van der Waals surface area contributed by atoms with Crippen LogP contribution in [0, 0.1) is 0 Å². The molecule has 0 saturated heterocycles. The van der Waals surface area contributed by atoms with E-state index in [1.54, 1.807) is 0 Å². The molecule has 4 amide bonds. The number of carbonyl (C=O) groups is 4. The first-order chi connectivity index (χ1) is 14.6. The largest absolute Gasteiger partial charge is 0.268 e. The van der Waals surface area contributed by atoms with E-state index in [0.29, 0.717) is 0 Å². The number of aromatic nitrogens is 4. The van der Waals surface area contributed by atoms with Crippen LogP contribution in [0.1, 0.15) is 41.4 Å². The lowest BCUT2D eigenvalue weighted by molar-refractivity contribution is 0.0870. The monoisotopic (exact) mass is 434 g/mol. The smallest absolute Gasteiger partial charge is 0.268 e. The first-order valence-corrected chi connectivity index (χ1v) is 10.1. The van der Waals surface area contributed by atoms with Gasteiger partial charge >= 0.3 is 0 Å². The number of rotatable bonds is 2. The Balaban J connectivity index is 1.63. The summed E-state index contributed by atoms with van der Waals surface area (Å²) in [5, 5.41) is 0.554. The fourth-order valence-electron chi connectivity index (χ4n) is 3.77. The second-order valence-corrected chi connectivity index (χ2v) is 7.63. The second-order valence-electron chi connectivity index (χ2n) is 6.43. The number of hydrogen-bond donors (Lipinski definition) is 0. The van der Waals surface area contributed by atoms with Crippen molar-refractivity contribution in [3.63, 3.8) is 0 Å². The van der Waals surface area contributed by atoms with Crippen molar-refractivity contribution in [3.8, 4) is 0 Å². The minimum Gasteiger partial charge on any atom is -0.268 e. The third-order valence-electron chi connectivity index (χ3n) is 4.99. The van der Waals surface area contributed by atoms with Gasteiger partial charge in [0.1, 0.15) is 11.0 Å². The number of benzene rings is 2. The summed E-state index contributed by atoms with van der Waals surface area (Å²) in [4.78, 5) is 62.1. The number of imide groups is 2. The molecule has 0 radical (unpaired) electrons. The molecule has 0 N–H and O–H groups in total. The van der Waals surface area contributed by atoms with Crippen LogP contribution in [0.3, 0.4) is 0 Å². The molecule has 4 heterocycles. The Bertz CT molecular complexity index is 1250. The van der Waals surface area contributed by atoms with Crippen LogP contribution in [0.5, 0.6) is 0 Å². The molecule has 2 aromatic heterocycles. The summed E-state index contributed by atoms with van der Waals surface area (Å²) in [7, 11) is 0. The Hall–Kier alpha value is -3.90. The maximum Gasteiger partial charge on any atom is 0.268 e. The molecule has 2 aromatic carbocycles. The summed E-state index contributed by atoms with van der Waals surface area (Å²) in [6, 6.07) is 5.89. The molecule has 0 fully saturated rings. The van der Waals surface area contributed by atoms with Crippen LogP contribution in [-0.4, -0.2) is 42.3 Å². The van der Waals surface area contributed by atoms with E-state index >= 15 is 0 Å². The summed E-state index contributed by atoms with van der Waals surface area (Å²) >= 11 is 2.03. The van der Waals surface area contributed by atoms with Crippen LogP contribution in [-0.2, 0) is 0 Å². The lowest BCUT2D eigenvalue weighted by Gasteiger charge is -2.29. The van der Waals surface area contributed by atoms with Crippen molar-refractivity contribution in [2.75, 3.05) is 9.80 Å². The molecule has 6 rings (SSSR count). The molecule has 0 unspecified atom stereocenters. The van der Waals surface area contributed by atoms with Gasteiger partial charge in [-0.25, -0.2) is 19.8 Å². The van der Waals surface area contributed by atoms with E-state index in [2.05, 4.69) is 18.7 Å². The van der Waals surface area contributed by atoms with E-state index in [1.165, 1.54) is 35.3 Å². The highest BCUT2D eigenvalue weighted by atomic mass is 32.1. The predicted molar refractivity (Wildman–Crippen MR) is 106 cm³/mol. The standard InChI is InChI=1S/C18H6N6O4S2/c25-13-7-1-2-8-12-10(16(28)24(14(8)26)18-20-6-30-22-18)4-3-9(11(7)12)15(27)23(13)17-19-5-29-21-17/h1-6H. The van der Waals surface area contributed by atoms with Crippen molar-refractivity contribution in [1.29, 1.82) is 0 Å².